The Morgan fingerprint density at radius 1 is 1.05 bits per heavy atom. The summed E-state index contributed by atoms with van der Waals surface area (Å²) in [6.45, 7) is 1.69. The number of nitrogens with zero attached hydrogens (tertiary/aromatic N) is 3. The van der Waals surface area contributed by atoms with Gasteiger partial charge in [0.25, 0.3) is 5.69 Å². The molecule has 11 nitrogen and oxygen atoms in total. The average molecular weight is 676 g/mol. The number of sulfonamides is 1. The molecule has 0 aliphatic heterocycles. The number of ether oxygens (including phenoxy) is 1. The fourth-order valence-electron chi connectivity index (χ4n) is 4.47. The summed E-state index contributed by atoms with van der Waals surface area (Å²) in [5, 5.41) is 14.4. The largest absolute Gasteiger partial charge is 0.495 e. The molecule has 0 fully saturated rings. The number of hydrogen-bond donors (Lipinski definition) is 1. The first-order valence-electron chi connectivity index (χ1n) is 13.6. The molecule has 0 bridgehead atoms. The number of nitro groups is 1. The number of amides is 2. The Morgan fingerprint density at radius 2 is 1.74 bits per heavy atom. The van der Waals surface area contributed by atoms with Crippen LogP contribution in [0, 0.1) is 10.1 Å². The first kappa shape index (κ1) is 33.5. The van der Waals surface area contributed by atoms with Gasteiger partial charge in [-0.3, -0.25) is 24.0 Å². The molecule has 230 valence electrons. The number of halogens is 1. The minimum Gasteiger partial charge on any atom is -0.495 e. The van der Waals surface area contributed by atoms with Crippen molar-refractivity contribution in [2.24, 2.45) is 0 Å². The van der Waals surface area contributed by atoms with Crippen LogP contribution in [0.4, 0.5) is 11.4 Å². The van der Waals surface area contributed by atoms with Crippen LogP contribution in [0.15, 0.2) is 77.3 Å². The third-order valence-electron chi connectivity index (χ3n) is 6.66. The van der Waals surface area contributed by atoms with Crippen molar-refractivity contribution < 1.29 is 27.7 Å². The van der Waals surface area contributed by atoms with Gasteiger partial charge < -0.3 is 15.0 Å². The van der Waals surface area contributed by atoms with Crippen LogP contribution in [-0.2, 0) is 32.6 Å². The molecule has 3 aromatic carbocycles. The predicted octanol–water partition coefficient (Wildman–Crippen LogP) is 4.69. The Morgan fingerprint density at radius 3 is 2.35 bits per heavy atom. The lowest BCUT2D eigenvalue weighted by Crippen LogP contribution is -2.53. The van der Waals surface area contributed by atoms with Crippen molar-refractivity contribution in [2.45, 2.75) is 38.8 Å². The van der Waals surface area contributed by atoms with E-state index < -0.39 is 33.4 Å². The minimum atomic E-state index is -4.15. The van der Waals surface area contributed by atoms with Crippen molar-refractivity contribution in [3.8, 4) is 5.75 Å². The Labute approximate surface area is 260 Å². The van der Waals surface area contributed by atoms with Crippen molar-refractivity contribution in [1.82, 2.24) is 10.2 Å². The number of nitro benzene ring substituents is 1. The maximum Gasteiger partial charge on any atom is 0.271 e. The van der Waals surface area contributed by atoms with Gasteiger partial charge in [0.1, 0.15) is 24.0 Å². The van der Waals surface area contributed by atoms with E-state index in [4.69, 9.17) is 4.74 Å². The summed E-state index contributed by atoms with van der Waals surface area (Å²) < 4.78 is 32.9. The number of rotatable bonds is 15. The SMILES string of the molecule is CCCCNC(=O)[C@@H](Cc1ccccc1)N(Cc1cccc(Br)c1)C(=O)CN(c1cc([N+](=O)[O-])ccc1OC)S(C)(=O)=O. The second kappa shape index (κ2) is 15.5. The van der Waals surface area contributed by atoms with Crippen molar-refractivity contribution in [1.29, 1.82) is 0 Å². The van der Waals surface area contributed by atoms with Gasteiger partial charge in [0.2, 0.25) is 21.8 Å². The topological polar surface area (TPSA) is 139 Å². The van der Waals surface area contributed by atoms with Crippen LogP contribution in [0.2, 0.25) is 0 Å². The number of carbonyl (C=O) groups is 2. The Hall–Kier alpha value is -3.97. The van der Waals surface area contributed by atoms with E-state index in [1.807, 2.05) is 49.4 Å². The van der Waals surface area contributed by atoms with E-state index in [1.165, 1.54) is 24.1 Å². The smallest absolute Gasteiger partial charge is 0.271 e. The highest BCUT2D eigenvalue weighted by Gasteiger charge is 2.34. The van der Waals surface area contributed by atoms with Crippen LogP contribution < -0.4 is 14.4 Å². The number of methoxy groups -OCH3 is 1. The Balaban J connectivity index is 2.11. The molecule has 3 rings (SSSR count). The lowest BCUT2D eigenvalue weighted by molar-refractivity contribution is -0.384. The summed E-state index contributed by atoms with van der Waals surface area (Å²) in [5.74, 6) is -1.02. The number of unbranched alkanes of at least 4 members (excludes halogenated alkanes) is 1. The molecule has 0 aliphatic carbocycles. The molecule has 43 heavy (non-hydrogen) atoms. The van der Waals surface area contributed by atoms with Crippen molar-refractivity contribution in [3.05, 3.63) is 98.5 Å². The van der Waals surface area contributed by atoms with E-state index in [1.54, 1.807) is 12.1 Å². The minimum absolute atomic E-state index is 0.000641. The molecular weight excluding hydrogens is 640 g/mol. The number of nitrogens with one attached hydrogen (secondary N) is 1. The fraction of sp³-hybridized carbons (Fsp3) is 0.333. The maximum atomic E-state index is 14.2. The molecule has 2 amide bonds. The normalized spacial score (nSPS) is 11.8. The molecule has 1 atom stereocenters. The third-order valence-corrected chi connectivity index (χ3v) is 8.28. The highest BCUT2D eigenvalue weighted by molar-refractivity contribution is 9.10. The number of hydrogen-bond acceptors (Lipinski definition) is 7. The summed E-state index contributed by atoms with van der Waals surface area (Å²) >= 11 is 3.44. The van der Waals surface area contributed by atoms with Gasteiger partial charge in [-0.1, -0.05) is 71.7 Å². The predicted molar refractivity (Wildman–Crippen MR) is 168 cm³/mol. The number of carbonyl (C=O) groups excluding carboxylic acids is 2. The number of benzene rings is 3. The van der Waals surface area contributed by atoms with Crippen LogP contribution in [0.5, 0.6) is 5.75 Å². The Kier molecular flexibility index (Phi) is 12.1. The van der Waals surface area contributed by atoms with Gasteiger partial charge in [0, 0.05) is 36.1 Å². The summed E-state index contributed by atoms with van der Waals surface area (Å²) in [5.41, 5.74) is 0.980. The highest BCUT2D eigenvalue weighted by Crippen LogP contribution is 2.34. The van der Waals surface area contributed by atoms with Gasteiger partial charge in [-0.15, -0.1) is 0 Å². The summed E-state index contributed by atoms with van der Waals surface area (Å²) in [6, 6.07) is 19.0. The standard InChI is InChI=1S/C30H35BrN4O7S/c1-4-5-16-32-30(37)27(18-22-10-7-6-8-11-22)33(20-23-12-9-13-24(31)17-23)29(36)21-34(43(3,40)41)26-19-25(35(38)39)14-15-28(26)42-2/h6-15,17,19,27H,4-5,16,18,20-21H2,1-3H3,(H,32,37)/t27-/m1/s1. The zero-order valence-electron chi connectivity index (χ0n) is 24.2. The van der Waals surface area contributed by atoms with Crippen LogP contribution in [-0.4, -0.2) is 62.6 Å². The molecule has 0 saturated carbocycles. The van der Waals surface area contributed by atoms with E-state index in [0.717, 1.165) is 39.5 Å². The van der Waals surface area contributed by atoms with E-state index in [9.17, 15) is 28.1 Å². The molecule has 3 aromatic rings. The van der Waals surface area contributed by atoms with Crippen LogP contribution in [0.25, 0.3) is 0 Å². The van der Waals surface area contributed by atoms with Crippen molar-refractivity contribution in [3.63, 3.8) is 0 Å². The monoisotopic (exact) mass is 674 g/mol. The third kappa shape index (κ3) is 9.52. The second-order valence-corrected chi connectivity index (χ2v) is 12.7. The fourth-order valence-corrected chi connectivity index (χ4v) is 5.77. The van der Waals surface area contributed by atoms with Crippen molar-refractivity contribution >= 4 is 49.1 Å². The van der Waals surface area contributed by atoms with E-state index in [2.05, 4.69) is 21.2 Å². The molecule has 0 aromatic heterocycles. The van der Waals surface area contributed by atoms with E-state index in [-0.39, 0.29) is 36.0 Å². The zero-order chi connectivity index (χ0) is 31.6. The average Bonchev–Trinajstić information content (AvgIpc) is 2.97. The van der Waals surface area contributed by atoms with Gasteiger partial charge in [-0.2, -0.15) is 0 Å². The molecule has 0 heterocycles. The number of anilines is 1. The number of non-ortho nitro benzene ring substituents is 1. The molecule has 13 heteroatoms. The lowest BCUT2D eigenvalue weighted by atomic mass is 10.0. The van der Waals surface area contributed by atoms with Crippen LogP contribution in [0.1, 0.15) is 30.9 Å². The lowest BCUT2D eigenvalue weighted by Gasteiger charge is -2.33. The summed E-state index contributed by atoms with van der Waals surface area (Å²) in [6.07, 6.45) is 2.68. The highest BCUT2D eigenvalue weighted by atomic mass is 79.9. The summed E-state index contributed by atoms with van der Waals surface area (Å²) in [4.78, 5) is 40.1. The Bertz CT molecular complexity index is 1540. The molecule has 0 unspecified atom stereocenters. The van der Waals surface area contributed by atoms with Gasteiger partial charge >= 0.3 is 0 Å². The molecule has 0 aliphatic rings. The second-order valence-electron chi connectivity index (χ2n) is 9.88. The first-order chi connectivity index (χ1) is 20.4. The van der Waals surface area contributed by atoms with Gasteiger partial charge in [-0.05, 0) is 35.7 Å². The molecule has 0 spiro atoms. The first-order valence-corrected chi connectivity index (χ1v) is 16.2. The molecule has 0 radical (unpaired) electrons. The van der Waals surface area contributed by atoms with Crippen LogP contribution >= 0.6 is 15.9 Å². The maximum absolute atomic E-state index is 14.2. The molecule has 1 N–H and O–H groups in total. The van der Waals surface area contributed by atoms with E-state index >= 15 is 0 Å². The van der Waals surface area contributed by atoms with Gasteiger partial charge in [0.05, 0.1) is 18.3 Å². The van der Waals surface area contributed by atoms with Gasteiger partial charge in [-0.25, -0.2) is 8.42 Å². The van der Waals surface area contributed by atoms with E-state index in [0.29, 0.717) is 12.1 Å². The van der Waals surface area contributed by atoms with Crippen molar-refractivity contribution in [2.75, 3.05) is 30.8 Å². The quantitative estimate of drug-likeness (QED) is 0.140. The summed E-state index contributed by atoms with van der Waals surface area (Å²) in [7, 11) is -2.85. The van der Waals surface area contributed by atoms with Crippen LogP contribution in [0.3, 0.4) is 0 Å². The zero-order valence-corrected chi connectivity index (χ0v) is 26.6. The molecule has 0 saturated heterocycles. The molecular formula is C30H35BrN4O7S. The van der Waals surface area contributed by atoms with Gasteiger partial charge in [0.15, 0.2) is 0 Å².